The molecule has 1 saturated carbocycles. The van der Waals surface area contributed by atoms with Crippen molar-refractivity contribution < 1.29 is 0 Å². The van der Waals surface area contributed by atoms with Gasteiger partial charge in [-0.05, 0) is 51.2 Å². The van der Waals surface area contributed by atoms with Gasteiger partial charge in [0.1, 0.15) is 0 Å². The van der Waals surface area contributed by atoms with Crippen molar-refractivity contribution in [3.05, 3.63) is 0 Å². The molecule has 1 aliphatic heterocycles. The SMILES string of the molecule is CC(C)NCC1(CN(C)CC2CCN(C)C2)CCCCC1. The summed E-state index contributed by atoms with van der Waals surface area (Å²) in [6.07, 6.45) is 8.53. The second kappa shape index (κ2) is 7.94. The van der Waals surface area contributed by atoms with Crippen LogP contribution in [0.5, 0.6) is 0 Å². The Kier molecular flexibility index (Phi) is 6.51. The fourth-order valence-corrected chi connectivity index (χ4v) is 4.37. The smallest absolute Gasteiger partial charge is 0.00472 e. The van der Waals surface area contributed by atoms with Crippen LogP contribution in [-0.4, -0.2) is 62.7 Å². The number of nitrogens with zero attached hydrogens (tertiary/aromatic N) is 2. The van der Waals surface area contributed by atoms with Crippen LogP contribution in [0.3, 0.4) is 0 Å². The van der Waals surface area contributed by atoms with Crippen molar-refractivity contribution in [2.24, 2.45) is 11.3 Å². The maximum Gasteiger partial charge on any atom is 0.00472 e. The Labute approximate surface area is 132 Å². The van der Waals surface area contributed by atoms with Crippen molar-refractivity contribution in [3.63, 3.8) is 0 Å². The molecule has 0 amide bonds. The molecule has 2 fully saturated rings. The van der Waals surface area contributed by atoms with Crippen LogP contribution < -0.4 is 5.32 Å². The summed E-state index contributed by atoms with van der Waals surface area (Å²) in [5, 5.41) is 3.73. The highest BCUT2D eigenvalue weighted by Crippen LogP contribution is 2.36. The molecule has 1 N–H and O–H groups in total. The Morgan fingerprint density at radius 3 is 2.52 bits per heavy atom. The lowest BCUT2D eigenvalue weighted by molar-refractivity contribution is 0.106. The van der Waals surface area contributed by atoms with Gasteiger partial charge in [-0.2, -0.15) is 0 Å². The molecule has 21 heavy (non-hydrogen) atoms. The summed E-state index contributed by atoms with van der Waals surface area (Å²) in [5.41, 5.74) is 0.530. The minimum absolute atomic E-state index is 0.530. The van der Waals surface area contributed by atoms with E-state index in [0.29, 0.717) is 11.5 Å². The molecule has 3 heteroatoms. The summed E-state index contributed by atoms with van der Waals surface area (Å²) < 4.78 is 0. The topological polar surface area (TPSA) is 18.5 Å². The molecule has 1 aliphatic carbocycles. The predicted molar refractivity (Wildman–Crippen MR) is 91.8 cm³/mol. The van der Waals surface area contributed by atoms with E-state index in [9.17, 15) is 0 Å². The molecule has 1 unspecified atom stereocenters. The zero-order valence-corrected chi connectivity index (χ0v) is 14.8. The molecule has 1 atom stereocenters. The Hall–Kier alpha value is -0.120. The summed E-state index contributed by atoms with van der Waals surface area (Å²) in [6, 6.07) is 0.609. The highest BCUT2D eigenvalue weighted by Gasteiger charge is 2.33. The third-order valence-corrected chi connectivity index (χ3v) is 5.46. The molecule has 0 aromatic carbocycles. The van der Waals surface area contributed by atoms with Gasteiger partial charge in [0.2, 0.25) is 0 Å². The van der Waals surface area contributed by atoms with Crippen LogP contribution in [0, 0.1) is 11.3 Å². The van der Waals surface area contributed by atoms with E-state index >= 15 is 0 Å². The van der Waals surface area contributed by atoms with E-state index in [4.69, 9.17) is 0 Å². The quantitative estimate of drug-likeness (QED) is 0.779. The van der Waals surface area contributed by atoms with Crippen LogP contribution in [0.4, 0.5) is 0 Å². The van der Waals surface area contributed by atoms with Crippen molar-refractivity contribution in [2.45, 2.75) is 58.4 Å². The average Bonchev–Trinajstić information content (AvgIpc) is 2.83. The van der Waals surface area contributed by atoms with Gasteiger partial charge in [0.05, 0.1) is 0 Å². The predicted octanol–water partition coefficient (Wildman–Crippen LogP) is 2.82. The first-order valence-corrected chi connectivity index (χ1v) is 9.10. The second-order valence-electron chi connectivity index (χ2n) is 8.21. The van der Waals surface area contributed by atoms with Gasteiger partial charge in [-0.15, -0.1) is 0 Å². The molecule has 2 aliphatic rings. The highest BCUT2D eigenvalue weighted by atomic mass is 15.2. The standard InChI is InChI=1S/C18H37N3/c1-16(2)19-14-18(9-6-5-7-10-18)15-21(4)13-17-8-11-20(3)12-17/h16-17,19H,5-15H2,1-4H3. The summed E-state index contributed by atoms with van der Waals surface area (Å²) in [5.74, 6) is 0.888. The number of hydrogen-bond donors (Lipinski definition) is 1. The monoisotopic (exact) mass is 295 g/mol. The van der Waals surface area contributed by atoms with Gasteiger partial charge in [-0.3, -0.25) is 0 Å². The van der Waals surface area contributed by atoms with Crippen LogP contribution in [0.15, 0.2) is 0 Å². The molecular weight excluding hydrogens is 258 g/mol. The largest absolute Gasteiger partial charge is 0.314 e. The Bertz CT molecular complexity index is 297. The van der Waals surface area contributed by atoms with E-state index in [2.05, 4.69) is 43.1 Å². The van der Waals surface area contributed by atoms with E-state index in [0.717, 1.165) is 5.92 Å². The number of nitrogens with one attached hydrogen (secondary N) is 1. The van der Waals surface area contributed by atoms with Gasteiger partial charge in [0, 0.05) is 32.2 Å². The average molecular weight is 296 g/mol. The van der Waals surface area contributed by atoms with Crippen LogP contribution >= 0.6 is 0 Å². The molecule has 1 heterocycles. The zero-order chi connectivity index (χ0) is 15.3. The maximum atomic E-state index is 3.73. The third kappa shape index (κ3) is 5.54. The Morgan fingerprint density at radius 2 is 1.95 bits per heavy atom. The summed E-state index contributed by atoms with van der Waals surface area (Å²) in [4.78, 5) is 5.12. The van der Waals surface area contributed by atoms with E-state index in [1.54, 1.807) is 0 Å². The first kappa shape index (κ1) is 17.2. The van der Waals surface area contributed by atoms with Crippen LogP contribution in [0.25, 0.3) is 0 Å². The molecule has 0 radical (unpaired) electrons. The third-order valence-electron chi connectivity index (χ3n) is 5.46. The summed E-state index contributed by atoms with van der Waals surface area (Å²) in [6.45, 7) is 10.9. The van der Waals surface area contributed by atoms with Crippen molar-refractivity contribution in [1.29, 1.82) is 0 Å². The molecule has 0 spiro atoms. The lowest BCUT2D eigenvalue weighted by atomic mass is 9.73. The van der Waals surface area contributed by atoms with Crippen LogP contribution in [0.2, 0.25) is 0 Å². The Balaban J connectivity index is 1.84. The minimum atomic E-state index is 0.530. The Morgan fingerprint density at radius 1 is 1.24 bits per heavy atom. The fourth-order valence-electron chi connectivity index (χ4n) is 4.37. The first-order valence-electron chi connectivity index (χ1n) is 9.10. The van der Waals surface area contributed by atoms with Gasteiger partial charge in [0.15, 0.2) is 0 Å². The molecule has 124 valence electrons. The normalized spacial score (nSPS) is 26.9. The van der Waals surface area contributed by atoms with E-state index < -0.39 is 0 Å². The van der Waals surface area contributed by atoms with Gasteiger partial charge in [-0.1, -0.05) is 33.1 Å². The lowest BCUT2D eigenvalue weighted by Crippen LogP contribution is -2.46. The molecular formula is C18H37N3. The molecule has 0 aromatic rings. The number of likely N-dealkylation sites (tertiary alicyclic amines) is 1. The lowest BCUT2D eigenvalue weighted by Gasteiger charge is -2.41. The molecule has 0 bridgehead atoms. The van der Waals surface area contributed by atoms with E-state index in [1.807, 2.05) is 0 Å². The highest BCUT2D eigenvalue weighted by molar-refractivity contribution is 4.88. The van der Waals surface area contributed by atoms with E-state index in [-0.39, 0.29) is 0 Å². The minimum Gasteiger partial charge on any atom is -0.314 e. The van der Waals surface area contributed by atoms with Crippen molar-refractivity contribution in [2.75, 3.05) is 46.8 Å². The van der Waals surface area contributed by atoms with E-state index in [1.165, 1.54) is 71.2 Å². The molecule has 2 rings (SSSR count). The van der Waals surface area contributed by atoms with Crippen molar-refractivity contribution >= 4 is 0 Å². The molecule has 3 nitrogen and oxygen atoms in total. The van der Waals surface area contributed by atoms with Gasteiger partial charge < -0.3 is 15.1 Å². The zero-order valence-electron chi connectivity index (χ0n) is 14.8. The second-order valence-corrected chi connectivity index (χ2v) is 8.21. The molecule has 1 saturated heterocycles. The van der Waals surface area contributed by atoms with Gasteiger partial charge in [0.25, 0.3) is 0 Å². The first-order chi connectivity index (χ1) is 9.99. The van der Waals surface area contributed by atoms with Gasteiger partial charge in [-0.25, -0.2) is 0 Å². The summed E-state index contributed by atoms with van der Waals surface area (Å²) >= 11 is 0. The van der Waals surface area contributed by atoms with Crippen LogP contribution in [0.1, 0.15) is 52.4 Å². The fraction of sp³-hybridized carbons (Fsp3) is 1.00. The van der Waals surface area contributed by atoms with Crippen LogP contribution in [-0.2, 0) is 0 Å². The number of hydrogen-bond acceptors (Lipinski definition) is 3. The van der Waals surface area contributed by atoms with Gasteiger partial charge >= 0.3 is 0 Å². The molecule has 0 aromatic heterocycles. The van der Waals surface area contributed by atoms with Crippen molar-refractivity contribution in [3.8, 4) is 0 Å². The number of rotatable bonds is 7. The summed E-state index contributed by atoms with van der Waals surface area (Å²) in [7, 11) is 4.61. The maximum absolute atomic E-state index is 3.73. The van der Waals surface area contributed by atoms with Crippen molar-refractivity contribution in [1.82, 2.24) is 15.1 Å².